The molecule has 0 aliphatic heterocycles. The van der Waals surface area contributed by atoms with Gasteiger partial charge in [0.1, 0.15) is 12.4 Å². The number of aromatic nitrogens is 1. The molecule has 34 heavy (non-hydrogen) atoms. The van der Waals surface area contributed by atoms with Crippen LogP contribution < -0.4 is 4.74 Å². The number of aliphatic carboxylic acids is 1. The average molecular weight is 497 g/mol. The Bertz CT molecular complexity index is 1370. The van der Waals surface area contributed by atoms with Crippen molar-refractivity contribution in [3.63, 3.8) is 0 Å². The van der Waals surface area contributed by atoms with E-state index in [2.05, 4.69) is 10.1 Å². The topological polar surface area (TPSA) is 101 Å². The molecular weight excluding hydrogens is 476 g/mol. The third-order valence-corrected chi connectivity index (χ3v) is 6.48. The molecule has 0 bridgehead atoms. The molecule has 4 aromatic rings. The second-order valence-corrected chi connectivity index (χ2v) is 8.82. The molecule has 0 spiro atoms. The van der Waals surface area contributed by atoms with Gasteiger partial charge in [0.15, 0.2) is 5.78 Å². The van der Waals surface area contributed by atoms with Crippen molar-refractivity contribution >= 4 is 51.3 Å². The van der Waals surface area contributed by atoms with Gasteiger partial charge in [0.2, 0.25) is 5.71 Å². The number of H-pyrrole nitrogens is 1. The molecule has 2 aromatic carbocycles. The molecule has 4 rings (SSSR count). The van der Waals surface area contributed by atoms with Crippen LogP contribution in [0.2, 0.25) is 5.02 Å². The van der Waals surface area contributed by atoms with Crippen molar-refractivity contribution < 1.29 is 24.3 Å². The summed E-state index contributed by atoms with van der Waals surface area (Å²) in [6.07, 6.45) is 0.404. The minimum absolute atomic E-state index is 0.127. The number of carboxylic acids is 1. The number of carbonyl (C=O) groups excluding carboxylic acids is 1. The summed E-state index contributed by atoms with van der Waals surface area (Å²) in [5.74, 6) is -0.895. The SMILES string of the molecule is COc1ccc2[nH]c(C)c(CCON=C(C(=O)O)c3cccs3)c2c1C(=O)c1ccc(Cl)cc1. The molecule has 0 amide bonds. The van der Waals surface area contributed by atoms with E-state index < -0.39 is 5.97 Å². The molecule has 174 valence electrons. The van der Waals surface area contributed by atoms with Gasteiger partial charge in [0.25, 0.3) is 0 Å². The highest BCUT2D eigenvalue weighted by Crippen LogP contribution is 2.34. The van der Waals surface area contributed by atoms with E-state index in [9.17, 15) is 14.7 Å². The van der Waals surface area contributed by atoms with Crippen LogP contribution >= 0.6 is 22.9 Å². The molecule has 0 atom stereocenters. The minimum Gasteiger partial charge on any atom is -0.496 e. The summed E-state index contributed by atoms with van der Waals surface area (Å²) in [6.45, 7) is 2.04. The first-order chi connectivity index (χ1) is 16.4. The molecule has 0 saturated heterocycles. The van der Waals surface area contributed by atoms with Crippen LogP contribution in [0.3, 0.4) is 0 Å². The second kappa shape index (κ2) is 10.1. The molecule has 0 saturated carbocycles. The molecule has 0 radical (unpaired) electrons. The summed E-state index contributed by atoms with van der Waals surface area (Å²) in [7, 11) is 1.52. The number of halogens is 1. The summed E-state index contributed by atoms with van der Waals surface area (Å²) in [5.41, 5.74) is 3.31. The number of hydrogen-bond acceptors (Lipinski definition) is 6. The Balaban J connectivity index is 1.67. The predicted octanol–water partition coefficient (Wildman–Crippen LogP) is 5.48. The summed E-state index contributed by atoms with van der Waals surface area (Å²) < 4.78 is 5.53. The Morgan fingerprint density at radius 3 is 2.56 bits per heavy atom. The maximum Gasteiger partial charge on any atom is 0.359 e. The van der Waals surface area contributed by atoms with Gasteiger partial charge in [-0.1, -0.05) is 22.8 Å². The third kappa shape index (κ3) is 4.69. The van der Waals surface area contributed by atoms with E-state index in [0.29, 0.717) is 33.2 Å². The first-order valence-electron chi connectivity index (χ1n) is 10.4. The Labute approximate surface area is 204 Å². The summed E-state index contributed by atoms with van der Waals surface area (Å²) in [6, 6.07) is 13.7. The van der Waals surface area contributed by atoms with Crippen LogP contribution in [0.25, 0.3) is 10.9 Å². The average Bonchev–Trinajstić information content (AvgIpc) is 3.46. The highest BCUT2D eigenvalue weighted by molar-refractivity contribution is 7.13. The zero-order chi connectivity index (χ0) is 24.2. The lowest BCUT2D eigenvalue weighted by molar-refractivity contribution is -0.129. The summed E-state index contributed by atoms with van der Waals surface area (Å²) in [4.78, 5) is 34.2. The molecule has 0 fully saturated rings. The predicted molar refractivity (Wildman–Crippen MR) is 133 cm³/mol. The maximum absolute atomic E-state index is 13.5. The van der Waals surface area contributed by atoms with Crippen molar-refractivity contribution in [1.82, 2.24) is 4.98 Å². The van der Waals surface area contributed by atoms with E-state index in [1.54, 1.807) is 47.8 Å². The van der Waals surface area contributed by atoms with Crippen LogP contribution in [0.5, 0.6) is 5.75 Å². The molecule has 9 heteroatoms. The largest absolute Gasteiger partial charge is 0.496 e. The number of benzene rings is 2. The number of thiophene rings is 1. The lowest BCUT2D eigenvalue weighted by Gasteiger charge is -2.11. The van der Waals surface area contributed by atoms with Crippen molar-refractivity contribution in [2.75, 3.05) is 13.7 Å². The fourth-order valence-electron chi connectivity index (χ4n) is 3.78. The summed E-state index contributed by atoms with van der Waals surface area (Å²) >= 11 is 7.26. The highest BCUT2D eigenvalue weighted by Gasteiger charge is 2.23. The van der Waals surface area contributed by atoms with Crippen LogP contribution in [0, 0.1) is 6.92 Å². The number of nitrogens with one attached hydrogen (secondary N) is 1. The van der Waals surface area contributed by atoms with Crippen molar-refractivity contribution in [2.45, 2.75) is 13.3 Å². The van der Waals surface area contributed by atoms with Crippen LogP contribution in [0.15, 0.2) is 59.1 Å². The molecule has 2 aromatic heterocycles. The molecular formula is C25H21ClN2O5S. The van der Waals surface area contributed by atoms with Gasteiger partial charge in [-0.25, -0.2) is 4.79 Å². The minimum atomic E-state index is -1.16. The third-order valence-electron chi connectivity index (χ3n) is 5.35. The molecule has 2 N–H and O–H groups in total. The zero-order valence-corrected chi connectivity index (χ0v) is 20.0. The molecule has 0 unspecified atom stereocenters. The van der Waals surface area contributed by atoms with Crippen LogP contribution in [0.1, 0.15) is 32.1 Å². The van der Waals surface area contributed by atoms with E-state index >= 15 is 0 Å². The van der Waals surface area contributed by atoms with E-state index in [0.717, 1.165) is 22.2 Å². The number of aryl methyl sites for hydroxylation is 1. The molecule has 7 nitrogen and oxygen atoms in total. The monoisotopic (exact) mass is 496 g/mol. The van der Waals surface area contributed by atoms with Gasteiger partial charge in [-0.2, -0.15) is 0 Å². The van der Waals surface area contributed by atoms with Crippen LogP contribution in [-0.4, -0.2) is 41.3 Å². The van der Waals surface area contributed by atoms with Gasteiger partial charge in [-0.15, -0.1) is 11.3 Å². The number of carboxylic acid groups (broad SMARTS) is 1. The maximum atomic E-state index is 13.5. The smallest absolute Gasteiger partial charge is 0.359 e. The lowest BCUT2D eigenvalue weighted by atomic mass is 9.95. The van der Waals surface area contributed by atoms with Crippen molar-refractivity contribution in [2.24, 2.45) is 5.16 Å². The molecule has 2 heterocycles. The van der Waals surface area contributed by atoms with E-state index in [1.807, 2.05) is 13.0 Å². The van der Waals surface area contributed by atoms with Gasteiger partial charge in [0.05, 0.1) is 17.6 Å². The number of fused-ring (bicyclic) bond motifs is 1. The number of rotatable bonds is 9. The first-order valence-corrected chi connectivity index (χ1v) is 11.6. The van der Waals surface area contributed by atoms with Gasteiger partial charge < -0.3 is 19.7 Å². The Kier molecular flexibility index (Phi) is 7.00. The number of ketones is 1. The van der Waals surface area contributed by atoms with E-state index in [4.69, 9.17) is 21.2 Å². The Morgan fingerprint density at radius 2 is 1.91 bits per heavy atom. The van der Waals surface area contributed by atoms with Crippen LogP contribution in [-0.2, 0) is 16.1 Å². The number of hydrogen-bond donors (Lipinski definition) is 2. The Morgan fingerprint density at radius 1 is 1.15 bits per heavy atom. The van der Waals surface area contributed by atoms with Gasteiger partial charge in [-0.05, 0) is 60.3 Å². The number of ether oxygens (including phenoxy) is 1. The van der Waals surface area contributed by atoms with E-state index in [1.165, 1.54) is 18.4 Å². The van der Waals surface area contributed by atoms with Gasteiger partial charge >= 0.3 is 5.97 Å². The second-order valence-electron chi connectivity index (χ2n) is 7.44. The summed E-state index contributed by atoms with van der Waals surface area (Å²) in [5, 5.41) is 16.3. The van der Waals surface area contributed by atoms with E-state index in [-0.39, 0.29) is 18.1 Å². The fourth-order valence-corrected chi connectivity index (χ4v) is 4.60. The molecule has 0 aliphatic carbocycles. The molecule has 0 aliphatic rings. The zero-order valence-electron chi connectivity index (χ0n) is 18.4. The quantitative estimate of drug-likeness (QED) is 0.138. The number of oxime groups is 1. The number of methoxy groups -OCH3 is 1. The van der Waals surface area contributed by atoms with Crippen molar-refractivity contribution in [1.29, 1.82) is 0 Å². The van der Waals surface area contributed by atoms with Gasteiger partial charge in [0, 0.05) is 33.6 Å². The lowest BCUT2D eigenvalue weighted by Crippen LogP contribution is -2.14. The van der Waals surface area contributed by atoms with Crippen LogP contribution in [0.4, 0.5) is 0 Å². The van der Waals surface area contributed by atoms with Crippen molar-refractivity contribution in [3.05, 3.63) is 86.2 Å². The van der Waals surface area contributed by atoms with Gasteiger partial charge in [-0.3, -0.25) is 4.79 Å². The Hall–Kier alpha value is -3.62. The first kappa shape index (κ1) is 23.5. The van der Waals surface area contributed by atoms with Crippen molar-refractivity contribution in [3.8, 4) is 5.75 Å². The number of aromatic amines is 1. The standard InChI is InChI=1S/C25H21ClN2O5S/c1-14-17(11-12-33-28-23(25(30)31)20-4-3-13-34-20)21-18(27-14)9-10-19(32-2)22(21)24(29)15-5-7-16(26)8-6-15/h3-10,13,27H,11-12H2,1-2H3,(H,30,31). The highest BCUT2D eigenvalue weighted by atomic mass is 35.5. The fraction of sp³-hybridized carbons (Fsp3) is 0.160. The number of nitrogens with zero attached hydrogens (tertiary/aromatic N) is 1. The number of carbonyl (C=O) groups is 2. The normalized spacial score (nSPS) is 11.6.